The fourth-order valence-electron chi connectivity index (χ4n) is 2.00. The molecule has 2 rings (SSSR count). The number of aliphatic hydroxyl groups is 1. The van der Waals surface area contributed by atoms with Crippen LogP contribution in [0.3, 0.4) is 0 Å². The fourth-order valence-corrected chi connectivity index (χ4v) is 2.25. The second kappa shape index (κ2) is 6.07. The predicted octanol–water partition coefficient (Wildman–Crippen LogP) is 0.660. The summed E-state index contributed by atoms with van der Waals surface area (Å²) < 4.78 is 0. The molecule has 19 heavy (non-hydrogen) atoms. The third-order valence-corrected chi connectivity index (χ3v) is 3.45. The average molecular weight is 279 g/mol. The van der Waals surface area contributed by atoms with Gasteiger partial charge in [0, 0.05) is 23.7 Å². The lowest BCUT2D eigenvalue weighted by Gasteiger charge is -2.12. The van der Waals surface area contributed by atoms with E-state index in [0.29, 0.717) is 30.1 Å². The number of amides is 1. The van der Waals surface area contributed by atoms with E-state index in [0.717, 1.165) is 5.56 Å². The molecule has 0 saturated carbocycles. The maximum Gasteiger partial charge on any atom is 0.237 e. The van der Waals surface area contributed by atoms with Crippen molar-refractivity contribution in [3.05, 3.63) is 34.3 Å². The second-order valence-electron chi connectivity index (χ2n) is 4.52. The first-order chi connectivity index (χ1) is 9.10. The van der Waals surface area contributed by atoms with Crippen molar-refractivity contribution in [1.29, 1.82) is 0 Å². The molecule has 0 spiro atoms. The Hall–Kier alpha value is -1.54. The van der Waals surface area contributed by atoms with Crippen LogP contribution in [0.25, 0.3) is 0 Å². The summed E-state index contributed by atoms with van der Waals surface area (Å²) in [4.78, 5) is 11.8. The molecule has 1 aromatic carbocycles. The van der Waals surface area contributed by atoms with Gasteiger partial charge in [-0.15, -0.1) is 6.42 Å². The maximum absolute atomic E-state index is 11.8. The highest BCUT2D eigenvalue weighted by Gasteiger charge is 2.27. The number of carbonyl (C=O) groups is 1. The number of rotatable bonds is 3. The molecule has 1 amide bonds. The number of terminal acetylenes is 1. The van der Waals surface area contributed by atoms with Crippen molar-refractivity contribution >= 4 is 17.5 Å². The van der Waals surface area contributed by atoms with E-state index < -0.39 is 6.10 Å². The number of benzene rings is 1. The molecule has 5 heteroatoms. The minimum atomic E-state index is -0.450. The molecule has 2 atom stereocenters. The molecule has 0 aliphatic carbocycles. The van der Waals surface area contributed by atoms with Crippen molar-refractivity contribution < 1.29 is 9.90 Å². The summed E-state index contributed by atoms with van der Waals surface area (Å²) in [5.41, 5.74) is 1.52. The van der Waals surface area contributed by atoms with Gasteiger partial charge in [-0.2, -0.15) is 0 Å². The van der Waals surface area contributed by atoms with Crippen LogP contribution in [0.5, 0.6) is 0 Å². The minimum absolute atomic E-state index is 0.131. The van der Waals surface area contributed by atoms with Crippen LogP contribution >= 0.6 is 11.6 Å². The molecule has 1 heterocycles. The summed E-state index contributed by atoms with van der Waals surface area (Å²) >= 11 is 6.07. The Bertz CT molecular complexity index is 525. The Morgan fingerprint density at radius 3 is 3.00 bits per heavy atom. The van der Waals surface area contributed by atoms with E-state index in [2.05, 4.69) is 16.6 Å². The lowest BCUT2D eigenvalue weighted by molar-refractivity contribution is -0.123. The first-order valence-corrected chi connectivity index (χ1v) is 6.42. The first kappa shape index (κ1) is 13.9. The molecule has 1 aliphatic heterocycles. The highest BCUT2D eigenvalue weighted by atomic mass is 35.5. The lowest BCUT2D eigenvalue weighted by Crippen LogP contribution is -2.40. The summed E-state index contributed by atoms with van der Waals surface area (Å²) in [5, 5.41) is 15.6. The second-order valence-corrected chi connectivity index (χ2v) is 4.93. The van der Waals surface area contributed by atoms with Crippen LogP contribution in [0.1, 0.15) is 17.5 Å². The highest BCUT2D eigenvalue weighted by Crippen LogP contribution is 2.17. The summed E-state index contributed by atoms with van der Waals surface area (Å²) in [5.74, 6) is 2.37. The Morgan fingerprint density at radius 2 is 2.42 bits per heavy atom. The molecular formula is C14H15ClN2O2. The Morgan fingerprint density at radius 1 is 1.63 bits per heavy atom. The molecule has 1 aromatic rings. The van der Waals surface area contributed by atoms with Crippen LogP contribution in [0.2, 0.25) is 5.02 Å². The van der Waals surface area contributed by atoms with E-state index >= 15 is 0 Å². The van der Waals surface area contributed by atoms with Gasteiger partial charge >= 0.3 is 0 Å². The molecule has 2 unspecified atom stereocenters. The quantitative estimate of drug-likeness (QED) is 0.712. The number of hydrogen-bond donors (Lipinski definition) is 3. The van der Waals surface area contributed by atoms with Gasteiger partial charge in [0.25, 0.3) is 0 Å². The summed E-state index contributed by atoms with van der Waals surface area (Å²) in [7, 11) is 0. The zero-order valence-electron chi connectivity index (χ0n) is 10.3. The van der Waals surface area contributed by atoms with Crippen molar-refractivity contribution in [2.24, 2.45) is 0 Å². The monoisotopic (exact) mass is 278 g/mol. The van der Waals surface area contributed by atoms with Gasteiger partial charge in [0.1, 0.15) is 0 Å². The molecule has 0 bridgehead atoms. The van der Waals surface area contributed by atoms with Gasteiger partial charge < -0.3 is 15.7 Å². The van der Waals surface area contributed by atoms with Crippen molar-refractivity contribution in [2.45, 2.75) is 25.1 Å². The predicted molar refractivity (Wildman–Crippen MR) is 73.6 cm³/mol. The van der Waals surface area contributed by atoms with E-state index in [9.17, 15) is 9.90 Å². The number of aliphatic hydroxyl groups excluding tert-OH is 1. The fraction of sp³-hybridized carbons (Fsp3) is 0.357. The maximum atomic E-state index is 11.8. The molecule has 3 N–H and O–H groups in total. The van der Waals surface area contributed by atoms with E-state index in [-0.39, 0.29) is 11.9 Å². The summed E-state index contributed by atoms with van der Waals surface area (Å²) in [6, 6.07) is 4.94. The van der Waals surface area contributed by atoms with E-state index in [1.54, 1.807) is 18.2 Å². The SMILES string of the molecule is C#Cc1ccc(CNC(=O)C2CC(O)CN2)c(Cl)c1. The molecule has 1 saturated heterocycles. The standard InChI is InChI=1S/C14H15ClN2O2/c1-2-9-3-4-10(12(15)5-9)7-17-14(19)13-6-11(18)8-16-13/h1,3-5,11,13,16,18H,6-8H2,(H,17,19). The topological polar surface area (TPSA) is 61.4 Å². The van der Waals surface area contributed by atoms with Gasteiger partial charge in [-0.3, -0.25) is 4.79 Å². The van der Waals surface area contributed by atoms with Gasteiger partial charge in [0.05, 0.1) is 12.1 Å². The van der Waals surface area contributed by atoms with Crippen LogP contribution in [0.15, 0.2) is 18.2 Å². The number of nitrogens with one attached hydrogen (secondary N) is 2. The van der Waals surface area contributed by atoms with Crippen molar-refractivity contribution in [2.75, 3.05) is 6.54 Å². The largest absolute Gasteiger partial charge is 0.392 e. The summed E-state index contributed by atoms with van der Waals surface area (Å²) in [6.45, 7) is 0.798. The number of carbonyl (C=O) groups excluding carboxylic acids is 1. The van der Waals surface area contributed by atoms with Crippen LogP contribution in [0.4, 0.5) is 0 Å². The Labute approximate surface area is 117 Å². The number of halogens is 1. The zero-order valence-corrected chi connectivity index (χ0v) is 11.1. The number of β-amino-alcohol motifs (C(OH)–C–C–N with tert-alkyl or cyclic N) is 1. The molecule has 4 nitrogen and oxygen atoms in total. The van der Waals surface area contributed by atoms with Gasteiger partial charge in [0.2, 0.25) is 5.91 Å². The van der Waals surface area contributed by atoms with Crippen LogP contribution in [0, 0.1) is 12.3 Å². The minimum Gasteiger partial charge on any atom is -0.392 e. The molecule has 0 aromatic heterocycles. The van der Waals surface area contributed by atoms with Crippen LogP contribution < -0.4 is 10.6 Å². The Balaban J connectivity index is 1.92. The van der Waals surface area contributed by atoms with Crippen molar-refractivity contribution in [1.82, 2.24) is 10.6 Å². The van der Waals surface area contributed by atoms with Gasteiger partial charge in [-0.25, -0.2) is 0 Å². The van der Waals surface area contributed by atoms with E-state index in [1.807, 2.05) is 0 Å². The van der Waals surface area contributed by atoms with Gasteiger partial charge in [-0.1, -0.05) is 23.6 Å². The summed E-state index contributed by atoms with van der Waals surface area (Å²) in [6.07, 6.45) is 5.27. The molecular weight excluding hydrogens is 264 g/mol. The highest BCUT2D eigenvalue weighted by molar-refractivity contribution is 6.31. The molecule has 100 valence electrons. The smallest absolute Gasteiger partial charge is 0.237 e. The molecule has 1 fully saturated rings. The normalized spacial score (nSPS) is 21.9. The van der Waals surface area contributed by atoms with E-state index in [4.69, 9.17) is 18.0 Å². The molecule has 0 radical (unpaired) electrons. The zero-order chi connectivity index (χ0) is 13.8. The number of hydrogen-bond acceptors (Lipinski definition) is 3. The van der Waals surface area contributed by atoms with Crippen molar-refractivity contribution in [3.63, 3.8) is 0 Å². The average Bonchev–Trinajstić information content (AvgIpc) is 2.83. The Kier molecular flexibility index (Phi) is 4.43. The van der Waals surface area contributed by atoms with Gasteiger partial charge in [-0.05, 0) is 24.1 Å². The first-order valence-electron chi connectivity index (χ1n) is 6.04. The lowest BCUT2D eigenvalue weighted by atomic mass is 10.1. The van der Waals surface area contributed by atoms with E-state index in [1.165, 1.54) is 0 Å². The van der Waals surface area contributed by atoms with Gasteiger partial charge in [0.15, 0.2) is 0 Å². The van der Waals surface area contributed by atoms with Crippen LogP contribution in [-0.4, -0.2) is 29.7 Å². The third kappa shape index (κ3) is 3.48. The third-order valence-electron chi connectivity index (χ3n) is 3.10. The molecule has 1 aliphatic rings. The van der Waals surface area contributed by atoms with Crippen molar-refractivity contribution in [3.8, 4) is 12.3 Å². The van der Waals surface area contributed by atoms with Crippen LogP contribution in [-0.2, 0) is 11.3 Å².